The van der Waals surface area contributed by atoms with E-state index in [0.717, 1.165) is 17.9 Å². The van der Waals surface area contributed by atoms with Crippen molar-refractivity contribution in [2.45, 2.75) is 18.4 Å². The molecule has 1 heterocycles. The van der Waals surface area contributed by atoms with Crippen molar-refractivity contribution in [2.24, 2.45) is 0 Å². The van der Waals surface area contributed by atoms with Crippen LogP contribution in [0.3, 0.4) is 0 Å². The molecule has 0 aromatic heterocycles. The van der Waals surface area contributed by atoms with Crippen LogP contribution < -0.4 is 5.32 Å². The van der Waals surface area contributed by atoms with Gasteiger partial charge < -0.3 is 5.32 Å². The van der Waals surface area contributed by atoms with Gasteiger partial charge in [0.05, 0.1) is 6.54 Å². The lowest BCUT2D eigenvalue weighted by Crippen LogP contribution is -2.37. The van der Waals surface area contributed by atoms with Crippen LogP contribution in [0.4, 0.5) is 8.78 Å². The van der Waals surface area contributed by atoms with Crippen LogP contribution in [-0.2, 0) is 5.92 Å². The SMILES string of the molecule is FC(F)(CNC1CCSC1)c1ccccc1. The third kappa shape index (κ3) is 2.95. The van der Waals surface area contributed by atoms with Gasteiger partial charge in [-0.15, -0.1) is 0 Å². The molecule has 0 bridgehead atoms. The van der Waals surface area contributed by atoms with Crippen LogP contribution in [-0.4, -0.2) is 24.1 Å². The Bertz CT molecular complexity index is 323. The van der Waals surface area contributed by atoms with Crippen molar-refractivity contribution in [3.05, 3.63) is 35.9 Å². The third-order valence-corrected chi connectivity index (χ3v) is 3.90. The zero-order chi connectivity index (χ0) is 11.4. The Labute approximate surface area is 98.6 Å². The van der Waals surface area contributed by atoms with Crippen LogP contribution >= 0.6 is 11.8 Å². The highest BCUT2D eigenvalue weighted by molar-refractivity contribution is 7.99. The summed E-state index contributed by atoms with van der Waals surface area (Å²) in [5, 5.41) is 2.95. The second-order valence-electron chi connectivity index (χ2n) is 4.01. The average Bonchev–Trinajstić information content (AvgIpc) is 2.81. The van der Waals surface area contributed by atoms with Gasteiger partial charge in [-0.3, -0.25) is 0 Å². The molecule has 0 radical (unpaired) electrons. The van der Waals surface area contributed by atoms with Crippen molar-refractivity contribution in [3.63, 3.8) is 0 Å². The van der Waals surface area contributed by atoms with Crippen molar-refractivity contribution in [1.29, 1.82) is 0 Å². The largest absolute Gasteiger partial charge is 0.307 e. The van der Waals surface area contributed by atoms with E-state index >= 15 is 0 Å². The fraction of sp³-hybridized carbons (Fsp3) is 0.500. The number of rotatable bonds is 4. The molecule has 1 saturated heterocycles. The maximum atomic E-state index is 13.7. The van der Waals surface area contributed by atoms with Crippen molar-refractivity contribution >= 4 is 11.8 Å². The number of hydrogen-bond acceptors (Lipinski definition) is 2. The van der Waals surface area contributed by atoms with Crippen LogP contribution in [0.15, 0.2) is 30.3 Å². The first-order valence-electron chi connectivity index (χ1n) is 5.43. The number of thioether (sulfide) groups is 1. The maximum absolute atomic E-state index is 13.7. The van der Waals surface area contributed by atoms with Gasteiger partial charge in [0.25, 0.3) is 5.92 Å². The molecule has 1 unspecified atom stereocenters. The van der Waals surface area contributed by atoms with Crippen LogP contribution in [0, 0.1) is 0 Å². The molecule has 1 aliphatic heterocycles. The summed E-state index contributed by atoms with van der Waals surface area (Å²) >= 11 is 1.82. The van der Waals surface area contributed by atoms with Crippen molar-refractivity contribution in [1.82, 2.24) is 5.32 Å². The van der Waals surface area contributed by atoms with E-state index in [0.29, 0.717) is 0 Å². The van der Waals surface area contributed by atoms with Gasteiger partial charge in [-0.1, -0.05) is 30.3 Å². The first-order chi connectivity index (χ1) is 7.68. The number of hydrogen-bond donors (Lipinski definition) is 1. The van der Waals surface area contributed by atoms with E-state index in [1.165, 1.54) is 12.1 Å². The normalized spacial score (nSPS) is 21.2. The van der Waals surface area contributed by atoms with E-state index in [9.17, 15) is 8.78 Å². The molecule has 2 rings (SSSR count). The summed E-state index contributed by atoms with van der Waals surface area (Å²) in [6.45, 7) is -0.262. The maximum Gasteiger partial charge on any atom is 0.285 e. The van der Waals surface area contributed by atoms with Crippen molar-refractivity contribution < 1.29 is 8.78 Å². The van der Waals surface area contributed by atoms with Gasteiger partial charge in [0.15, 0.2) is 0 Å². The number of halogens is 2. The first kappa shape index (κ1) is 11.9. The molecule has 1 atom stereocenters. The molecule has 0 spiro atoms. The summed E-state index contributed by atoms with van der Waals surface area (Å²) in [4.78, 5) is 0. The predicted molar refractivity (Wildman–Crippen MR) is 64.1 cm³/mol. The fourth-order valence-electron chi connectivity index (χ4n) is 1.75. The van der Waals surface area contributed by atoms with Gasteiger partial charge in [-0.05, 0) is 12.2 Å². The molecule has 88 valence electrons. The molecule has 1 N–H and O–H groups in total. The lowest BCUT2D eigenvalue weighted by Gasteiger charge is -2.20. The van der Waals surface area contributed by atoms with Gasteiger partial charge >= 0.3 is 0 Å². The number of nitrogens with one attached hydrogen (secondary N) is 1. The Hall–Kier alpha value is -0.610. The molecular formula is C12H15F2NS. The van der Waals surface area contributed by atoms with Crippen LogP contribution in [0.25, 0.3) is 0 Å². The zero-order valence-electron chi connectivity index (χ0n) is 8.96. The lowest BCUT2D eigenvalue weighted by atomic mass is 10.1. The fourth-order valence-corrected chi connectivity index (χ4v) is 2.94. The van der Waals surface area contributed by atoms with Gasteiger partial charge in [0.1, 0.15) is 0 Å². The summed E-state index contributed by atoms with van der Waals surface area (Å²) in [6, 6.07) is 8.25. The molecule has 1 aliphatic rings. The lowest BCUT2D eigenvalue weighted by molar-refractivity contribution is -0.00507. The summed E-state index contributed by atoms with van der Waals surface area (Å²) in [5.41, 5.74) is 0.0909. The van der Waals surface area contributed by atoms with E-state index in [2.05, 4.69) is 5.32 Å². The van der Waals surface area contributed by atoms with E-state index in [1.54, 1.807) is 18.2 Å². The minimum Gasteiger partial charge on any atom is -0.307 e. The summed E-state index contributed by atoms with van der Waals surface area (Å²) in [7, 11) is 0. The van der Waals surface area contributed by atoms with Crippen LogP contribution in [0.1, 0.15) is 12.0 Å². The smallest absolute Gasteiger partial charge is 0.285 e. The third-order valence-electron chi connectivity index (χ3n) is 2.74. The van der Waals surface area contributed by atoms with Crippen LogP contribution in [0.5, 0.6) is 0 Å². The molecule has 0 amide bonds. The van der Waals surface area contributed by atoms with Crippen LogP contribution in [0.2, 0.25) is 0 Å². The minimum atomic E-state index is -2.77. The highest BCUT2D eigenvalue weighted by Gasteiger charge is 2.32. The van der Waals surface area contributed by atoms with E-state index < -0.39 is 5.92 Å². The molecule has 1 aromatic rings. The average molecular weight is 243 g/mol. The molecule has 4 heteroatoms. The molecule has 0 aliphatic carbocycles. The van der Waals surface area contributed by atoms with Crippen molar-refractivity contribution in [3.8, 4) is 0 Å². The first-order valence-corrected chi connectivity index (χ1v) is 6.58. The van der Waals surface area contributed by atoms with E-state index in [1.807, 2.05) is 11.8 Å². The Balaban J connectivity index is 1.92. The molecule has 16 heavy (non-hydrogen) atoms. The highest BCUT2D eigenvalue weighted by atomic mass is 32.2. The topological polar surface area (TPSA) is 12.0 Å². The Morgan fingerprint density at radius 1 is 1.31 bits per heavy atom. The van der Waals surface area contributed by atoms with Crippen molar-refractivity contribution in [2.75, 3.05) is 18.1 Å². The molecule has 1 aromatic carbocycles. The second-order valence-corrected chi connectivity index (χ2v) is 5.16. The minimum absolute atomic E-state index is 0.0909. The molecule has 0 saturated carbocycles. The van der Waals surface area contributed by atoms with Gasteiger partial charge in [0.2, 0.25) is 0 Å². The Morgan fingerprint density at radius 3 is 2.69 bits per heavy atom. The number of benzene rings is 1. The summed E-state index contributed by atoms with van der Waals surface area (Å²) in [6.07, 6.45) is 0.996. The van der Waals surface area contributed by atoms with E-state index in [-0.39, 0.29) is 18.2 Å². The van der Waals surface area contributed by atoms with Gasteiger partial charge in [-0.25, -0.2) is 0 Å². The standard InChI is InChI=1S/C12H15F2NS/c13-12(14,10-4-2-1-3-5-10)9-15-11-6-7-16-8-11/h1-5,11,15H,6-9H2. The predicted octanol–water partition coefficient (Wildman–Crippen LogP) is 2.87. The zero-order valence-corrected chi connectivity index (χ0v) is 9.77. The van der Waals surface area contributed by atoms with E-state index in [4.69, 9.17) is 0 Å². The Kier molecular flexibility index (Phi) is 3.82. The molecule has 1 nitrogen and oxygen atoms in total. The second kappa shape index (κ2) is 5.15. The monoisotopic (exact) mass is 243 g/mol. The van der Waals surface area contributed by atoms with Gasteiger partial charge in [-0.2, -0.15) is 20.5 Å². The van der Waals surface area contributed by atoms with Gasteiger partial charge in [0, 0.05) is 17.4 Å². The summed E-state index contributed by atoms with van der Waals surface area (Å²) < 4.78 is 27.5. The summed E-state index contributed by atoms with van der Waals surface area (Å²) in [5.74, 6) is -0.742. The molecular weight excluding hydrogens is 228 g/mol. The Morgan fingerprint density at radius 2 is 2.06 bits per heavy atom. The number of alkyl halides is 2. The molecule has 1 fully saturated rings. The quantitative estimate of drug-likeness (QED) is 0.872. The highest BCUT2D eigenvalue weighted by Crippen LogP contribution is 2.27.